The third kappa shape index (κ3) is 2.17. The summed E-state index contributed by atoms with van der Waals surface area (Å²) in [4.78, 5) is 1.88. The molecule has 0 aliphatic carbocycles. The zero-order valence-corrected chi connectivity index (χ0v) is 8.85. The van der Waals surface area contributed by atoms with Crippen molar-refractivity contribution in [2.45, 2.75) is 6.54 Å². The molecular formula is C13H15NO. The minimum absolute atomic E-state index is 0.0865. The predicted molar refractivity (Wildman–Crippen MR) is 62.5 cm³/mol. The van der Waals surface area contributed by atoms with Gasteiger partial charge in [-0.3, -0.25) is 4.90 Å². The summed E-state index contributed by atoms with van der Waals surface area (Å²) in [5.74, 6) is 0. The highest BCUT2D eigenvalue weighted by Crippen LogP contribution is 2.19. The Morgan fingerprint density at radius 2 is 1.80 bits per heavy atom. The predicted octanol–water partition coefficient (Wildman–Crippen LogP) is 2.22. The number of hydrogen-bond donors (Lipinski definition) is 1. The normalized spacial score (nSPS) is 11.1. The summed E-state index contributed by atoms with van der Waals surface area (Å²) in [6.45, 7) is 0.862. The van der Waals surface area contributed by atoms with Crippen molar-refractivity contribution < 1.29 is 5.11 Å². The maximum atomic E-state index is 8.99. The fourth-order valence-electron chi connectivity index (χ4n) is 1.77. The van der Waals surface area contributed by atoms with Gasteiger partial charge in [-0.15, -0.1) is 0 Å². The standard InChI is InChI=1S/C13H15NO/c1-14(10-15)9-12-7-4-6-11-5-2-3-8-13(11)12/h2-8,15H,9-10H2,1H3. The van der Waals surface area contributed by atoms with Gasteiger partial charge in [0.2, 0.25) is 0 Å². The van der Waals surface area contributed by atoms with E-state index in [-0.39, 0.29) is 6.73 Å². The molecule has 78 valence electrons. The molecule has 0 aliphatic rings. The van der Waals surface area contributed by atoms with E-state index in [0.29, 0.717) is 0 Å². The van der Waals surface area contributed by atoms with Crippen molar-refractivity contribution in [1.29, 1.82) is 0 Å². The van der Waals surface area contributed by atoms with Crippen molar-refractivity contribution in [3.63, 3.8) is 0 Å². The number of rotatable bonds is 3. The zero-order valence-electron chi connectivity index (χ0n) is 8.85. The highest BCUT2D eigenvalue weighted by Gasteiger charge is 2.02. The Kier molecular flexibility index (Phi) is 2.99. The molecular weight excluding hydrogens is 186 g/mol. The van der Waals surface area contributed by atoms with E-state index in [1.54, 1.807) is 0 Å². The van der Waals surface area contributed by atoms with E-state index in [1.165, 1.54) is 16.3 Å². The zero-order chi connectivity index (χ0) is 10.7. The molecule has 0 atom stereocenters. The van der Waals surface area contributed by atoms with Gasteiger partial charge in [-0.05, 0) is 23.4 Å². The summed E-state index contributed by atoms with van der Waals surface area (Å²) in [6, 6.07) is 14.6. The van der Waals surface area contributed by atoms with Crippen LogP contribution in [0, 0.1) is 0 Å². The molecule has 1 N–H and O–H groups in total. The van der Waals surface area contributed by atoms with Crippen molar-refractivity contribution >= 4 is 10.8 Å². The molecule has 0 saturated carbocycles. The number of hydrogen-bond acceptors (Lipinski definition) is 2. The number of aliphatic hydroxyl groups excluding tert-OH is 1. The number of nitrogens with zero attached hydrogens (tertiary/aromatic N) is 1. The topological polar surface area (TPSA) is 23.5 Å². The van der Waals surface area contributed by atoms with Crippen molar-refractivity contribution in [3.8, 4) is 0 Å². The summed E-state index contributed by atoms with van der Waals surface area (Å²) < 4.78 is 0. The van der Waals surface area contributed by atoms with Gasteiger partial charge in [0.1, 0.15) is 0 Å². The van der Waals surface area contributed by atoms with Gasteiger partial charge < -0.3 is 5.11 Å². The smallest absolute Gasteiger partial charge is 0.0956 e. The lowest BCUT2D eigenvalue weighted by molar-refractivity contribution is 0.127. The van der Waals surface area contributed by atoms with E-state index in [0.717, 1.165) is 6.54 Å². The van der Waals surface area contributed by atoms with E-state index >= 15 is 0 Å². The second-order valence-corrected chi connectivity index (χ2v) is 3.79. The summed E-state index contributed by atoms with van der Waals surface area (Å²) in [6.07, 6.45) is 0. The molecule has 0 unspecified atom stereocenters. The van der Waals surface area contributed by atoms with Crippen molar-refractivity contribution in [1.82, 2.24) is 4.90 Å². The van der Waals surface area contributed by atoms with Crippen LogP contribution in [0.3, 0.4) is 0 Å². The van der Waals surface area contributed by atoms with Crippen LogP contribution in [0.2, 0.25) is 0 Å². The van der Waals surface area contributed by atoms with Crippen LogP contribution in [0.4, 0.5) is 0 Å². The van der Waals surface area contributed by atoms with Gasteiger partial charge in [0.15, 0.2) is 0 Å². The summed E-state index contributed by atoms with van der Waals surface area (Å²) in [5.41, 5.74) is 1.25. The van der Waals surface area contributed by atoms with Crippen LogP contribution in [-0.4, -0.2) is 23.8 Å². The van der Waals surface area contributed by atoms with E-state index in [1.807, 2.05) is 24.1 Å². The molecule has 0 spiro atoms. The number of aliphatic hydroxyl groups is 1. The highest BCUT2D eigenvalue weighted by molar-refractivity contribution is 5.85. The molecule has 0 fully saturated rings. The molecule has 2 heteroatoms. The third-order valence-corrected chi connectivity index (χ3v) is 2.56. The molecule has 0 bridgehead atoms. The summed E-state index contributed by atoms with van der Waals surface area (Å²) in [7, 11) is 1.90. The van der Waals surface area contributed by atoms with Crippen LogP contribution in [0.15, 0.2) is 42.5 Å². The summed E-state index contributed by atoms with van der Waals surface area (Å²) in [5, 5.41) is 11.5. The van der Waals surface area contributed by atoms with Crippen molar-refractivity contribution in [2.75, 3.05) is 13.8 Å². The second-order valence-electron chi connectivity index (χ2n) is 3.79. The molecule has 0 aliphatic heterocycles. The van der Waals surface area contributed by atoms with Crippen LogP contribution in [0.1, 0.15) is 5.56 Å². The SMILES string of the molecule is CN(CO)Cc1cccc2ccccc12. The molecule has 15 heavy (non-hydrogen) atoms. The van der Waals surface area contributed by atoms with E-state index in [9.17, 15) is 0 Å². The molecule has 2 rings (SSSR count). The van der Waals surface area contributed by atoms with Crippen LogP contribution in [0.25, 0.3) is 10.8 Å². The first-order valence-electron chi connectivity index (χ1n) is 5.07. The van der Waals surface area contributed by atoms with Gasteiger partial charge in [-0.1, -0.05) is 42.5 Å². The molecule has 2 aromatic rings. The first-order valence-corrected chi connectivity index (χ1v) is 5.07. The second kappa shape index (κ2) is 4.43. The highest BCUT2D eigenvalue weighted by atomic mass is 16.3. The van der Waals surface area contributed by atoms with Crippen LogP contribution < -0.4 is 0 Å². The first kappa shape index (κ1) is 10.1. The Labute approximate surface area is 89.8 Å². The maximum Gasteiger partial charge on any atom is 0.0956 e. The van der Waals surface area contributed by atoms with Crippen LogP contribution in [-0.2, 0) is 6.54 Å². The minimum Gasteiger partial charge on any atom is -0.381 e. The Morgan fingerprint density at radius 3 is 2.60 bits per heavy atom. The largest absolute Gasteiger partial charge is 0.381 e. The van der Waals surface area contributed by atoms with E-state index < -0.39 is 0 Å². The van der Waals surface area contributed by atoms with Crippen LogP contribution >= 0.6 is 0 Å². The third-order valence-electron chi connectivity index (χ3n) is 2.56. The average Bonchev–Trinajstić information content (AvgIpc) is 2.29. The molecule has 0 amide bonds. The molecule has 2 nitrogen and oxygen atoms in total. The van der Waals surface area contributed by atoms with Crippen molar-refractivity contribution in [2.24, 2.45) is 0 Å². The molecule has 0 heterocycles. The lowest BCUT2D eigenvalue weighted by Gasteiger charge is -2.14. The monoisotopic (exact) mass is 201 g/mol. The van der Waals surface area contributed by atoms with Gasteiger partial charge in [0, 0.05) is 6.54 Å². The van der Waals surface area contributed by atoms with Gasteiger partial charge in [-0.2, -0.15) is 0 Å². The summed E-state index contributed by atoms with van der Waals surface area (Å²) >= 11 is 0. The molecule has 2 aromatic carbocycles. The molecule has 0 radical (unpaired) electrons. The van der Waals surface area contributed by atoms with Gasteiger partial charge in [-0.25, -0.2) is 0 Å². The van der Waals surface area contributed by atoms with Gasteiger partial charge in [0.25, 0.3) is 0 Å². The first-order chi connectivity index (χ1) is 7.31. The average molecular weight is 201 g/mol. The fraction of sp³-hybridized carbons (Fsp3) is 0.231. The Balaban J connectivity index is 2.42. The lowest BCUT2D eigenvalue weighted by atomic mass is 10.0. The Bertz CT molecular complexity index is 448. The number of fused-ring (bicyclic) bond motifs is 1. The quantitative estimate of drug-likeness (QED) is 0.770. The number of benzene rings is 2. The lowest BCUT2D eigenvalue weighted by Crippen LogP contribution is -2.18. The molecule has 0 aromatic heterocycles. The fourth-order valence-corrected chi connectivity index (χ4v) is 1.77. The van der Waals surface area contributed by atoms with Gasteiger partial charge in [0.05, 0.1) is 6.73 Å². The van der Waals surface area contributed by atoms with Gasteiger partial charge >= 0.3 is 0 Å². The maximum absolute atomic E-state index is 8.99. The Morgan fingerprint density at radius 1 is 1.07 bits per heavy atom. The van der Waals surface area contributed by atoms with E-state index in [2.05, 4.69) is 30.3 Å². The van der Waals surface area contributed by atoms with E-state index in [4.69, 9.17) is 5.11 Å². The minimum atomic E-state index is 0.0865. The molecule has 0 saturated heterocycles. The van der Waals surface area contributed by atoms with Crippen LogP contribution in [0.5, 0.6) is 0 Å². The van der Waals surface area contributed by atoms with Crippen molar-refractivity contribution in [3.05, 3.63) is 48.0 Å². The Hall–Kier alpha value is -1.38.